The summed E-state index contributed by atoms with van der Waals surface area (Å²) in [6.07, 6.45) is 8.71. The van der Waals surface area contributed by atoms with Gasteiger partial charge in [-0.05, 0) is 19.1 Å². The number of ether oxygens (including phenoxy) is 1. The molecule has 1 heterocycles. The van der Waals surface area contributed by atoms with Gasteiger partial charge in [-0.1, -0.05) is 34.9 Å². The van der Waals surface area contributed by atoms with E-state index < -0.39 is 5.82 Å². The number of hydrogen-bond donors (Lipinski definition) is 0. The van der Waals surface area contributed by atoms with E-state index in [0.717, 1.165) is 0 Å². The number of benzene rings is 1. The topological polar surface area (TPSA) is 29.5 Å². The van der Waals surface area contributed by atoms with Crippen LogP contribution in [0.3, 0.4) is 0 Å². The molecule has 1 radical (unpaired) electrons. The van der Waals surface area contributed by atoms with Gasteiger partial charge in [-0.3, -0.25) is 4.79 Å². The SMILES string of the molecule is C#CCOc1ccc(C2=[C-]CC(I)C(=O)N2CC)c(F)c1.[Y]. The summed E-state index contributed by atoms with van der Waals surface area (Å²) in [4.78, 5) is 13.7. The Morgan fingerprint density at radius 1 is 1.59 bits per heavy atom. The molecule has 22 heavy (non-hydrogen) atoms. The van der Waals surface area contributed by atoms with E-state index in [-0.39, 0.29) is 49.1 Å². The van der Waals surface area contributed by atoms with Crippen LogP contribution in [0.4, 0.5) is 4.39 Å². The van der Waals surface area contributed by atoms with Crippen LogP contribution in [0.1, 0.15) is 18.9 Å². The van der Waals surface area contributed by atoms with Crippen LogP contribution in [0.2, 0.25) is 0 Å². The fourth-order valence-corrected chi connectivity index (χ4v) is 2.66. The minimum absolute atomic E-state index is 0. The number of alkyl halides is 1. The van der Waals surface area contributed by atoms with Gasteiger partial charge in [0, 0.05) is 39.3 Å². The zero-order chi connectivity index (χ0) is 15.4. The van der Waals surface area contributed by atoms with Gasteiger partial charge in [0.05, 0.1) is 9.74 Å². The van der Waals surface area contributed by atoms with Gasteiger partial charge >= 0.3 is 0 Å². The molecular weight excluding hydrogens is 473 g/mol. The van der Waals surface area contributed by atoms with Gasteiger partial charge < -0.3 is 9.64 Å². The molecule has 113 valence electrons. The minimum Gasteiger partial charge on any atom is -0.481 e. The number of rotatable bonds is 4. The molecule has 2 rings (SSSR count). The molecule has 1 aliphatic rings. The largest absolute Gasteiger partial charge is 0.481 e. The molecule has 1 aromatic rings. The molecule has 0 aromatic heterocycles. The van der Waals surface area contributed by atoms with Gasteiger partial charge in [0.25, 0.3) is 0 Å². The van der Waals surface area contributed by atoms with Crippen molar-refractivity contribution in [2.75, 3.05) is 13.2 Å². The van der Waals surface area contributed by atoms with Crippen LogP contribution in [-0.2, 0) is 37.5 Å². The molecule has 6 heteroatoms. The number of terminal acetylenes is 1. The molecule has 1 amide bonds. The molecule has 1 atom stereocenters. The van der Waals surface area contributed by atoms with Crippen molar-refractivity contribution in [3.63, 3.8) is 0 Å². The van der Waals surface area contributed by atoms with E-state index in [1.165, 1.54) is 6.07 Å². The second-order valence-electron chi connectivity index (χ2n) is 4.41. The molecular formula is C16H14FINO2Y-. The Labute approximate surface area is 168 Å². The molecule has 0 aliphatic carbocycles. The summed E-state index contributed by atoms with van der Waals surface area (Å²) >= 11 is 2.08. The Bertz CT molecular complexity index is 627. The predicted molar refractivity (Wildman–Crippen MR) is 87.2 cm³/mol. The van der Waals surface area contributed by atoms with Crippen molar-refractivity contribution in [1.82, 2.24) is 4.90 Å². The van der Waals surface area contributed by atoms with Gasteiger partial charge in [0.2, 0.25) is 5.91 Å². The maximum atomic E-state index is 14.3. The Kier molecular flexibility index (Phi) is 8.02. The number of allylic oxidation sites excluding steroid dienone is 1. The summed E-state index contributed by atoms with van der Waals surface area (Å²) < 4.78 is 19.3. The number of hydrogen-bond acceptors (Lipinski definition) is 2. The second-order valence-corrected chi connectivity index (χ2v) is 5.92. The summed E-state index contributed by atoms with van der Waals surface area (Å²) in [5.74, 6) is 2.22. The van der Waals surface area contributed by atoms with E-state index in [9.17, 15) is 9.18 Å². The zero-order valence-electron chi connectivity index (χ0n) is 12.1. The maximum absolute atomic E-state index is 14.3. The molecule has 1 unspecified atom stereocenters. The number of nitrogens with zero attached hydrogens (tertiary/aromatic N) is 1. The number of amides is 1. The number of halogens is 2. The third kappa shape index (κ3) is 4.30. The van der Waals surface area contributed by atoms with Crippen molar-refractivity contribution in [1.29, 1.82) is 0 Å². The molecule has 1 aliphatic heterocycles. The summed E-state index contributed by atoms with van der Waals surface area (Å²) in [6, 6.07) is 4.50. The zero-order valence-corrected chi connectivity index (χ0v) is 17.1. The molecule has 0 spiro atoms. The smallest absolute Gasteiger partial charge is 0.235 e. The van der Waals surface area contributed by atoms with E-state index in [2.05, 4.69) is 34.6 Å². The van der Waals surface area contributed by atoms with Gasteiger partial charge in [-0.2, -0.15) is 0 Å². The van der Waals surface area contributed by atoms with Crippen LogP contribution in [0.25, 0.3) is 5.70 Å². The van der Waals surface area contributed by atoms with Crippen LogP contribution in [0.15, 0.2) is 18.2 Å². The maximum Gasteiger partial charge on any atom is 0.235 e. The van der Waals surface area contributed by atoms with Crippen molar-refractivity contribution >= 4 is 34.2 Å². The first-order valence-electron chi connectivity index (χ1n) is 6.51. The van der Waals surface area contributed by atoms with Crippen LogP contribution in [-0.4, -0.2) is 27.9 Å². The fourth-order valence-electron chi connectivity index (χ4n) is 2.11. The third-order valence-corrected chi connectivity index (χ3v) is 4.06. The first kappa shape index (κ1) is 19.6. The van der Waals surface area contributed by atoms with Crippen molar-refractivity contribution in [3.8, 4) is 18.1 Å². The van der Waals surface area contributed by atoms with E-state index in [1.807, 2.05) is 6.92 Å². The molecule has 1 aromatic carbocycles. The monoisotopic (exact) mass is 487 g/mol. The van der Waals surface area contributed by atoms with E-state index in [1.54, 1.807) is 17.0 Å². The molecule has 3 nitrogen and oxygen atoms in total. The average Bonchev–Trinajstić information content (AvgIpc) is 2.48. The number of carbonyl (C=O) groups is 1. The first-order chi connectivity index (χ1) is 10.1. The van der Waals surface area contributed by atoms with Crippen molar-refractivity contribution < 1.29 is 46.6 Å². The van der Waals surface area contributed by atoms with E-state index >= 15 is 0 Å². The molecule has 0 saturated heterocycles. The fraction of sp³-hybridized carbons (Fsp3) is 0.312. The number of carbonyl (C=O) groups excluding carboxylic acids is 1. The average molecular weight is 487 g/mol. The third-order valence-electron chi connectivity index (χ3n) is 3.09. The van der Waals surface area contributed by atoms with Crippen LogP contribution >= 0.6 is 22.6 Å². The molecule has 0 bridgehead atoms. The summed E-state index contributed by atoms with van der Waals surface area (Å²) in [7, 11) is 0. The van der Waals surface area contributed by atoms with Gasteiger partial charge in [-0.15, -0.1) is 23.8 Å². The van der Waals surface area contributed by atoms with Crippen molar-refractivity contribution in [2.24, 2.45) is 0 Å². The standard InChI is InChI=1S/C16H14FINO2.Y/c1-3-9-21-11-5-6-12(13(17)10-11)15-8-7-14(18)16(20)19(15)4-2;/h1,5-6,10,14H,4,7,9H2,2H3;/q-1;. The Morgan fingerprint density at radius 2 is 2.32 bits per heavy atom. The van der Waals surface area contributed by atoms with Crippen LogP contribution < -0.4 is 4.74 Å². The van der Waals surface area contributed by atoms with Gasteiger partial charge in [0.15, 0.2) is 0 Å². The normalized spacial score (nSPS) is 17.4. The summed E-state index contributed by atoms with van der Waals surface area (Å²) in [5, 5.41) is 0. The second kappa shape index (κ2) is 9.00. The minimum atomic E-state index is -0.454. The van der Waals surface area contributed by atoms with Gasteiger partial charge in [-0.25, -0.2) is 10.5 Å². The van der Waals surface area contributed by atoms with E-state index in [0.29, 0.717) is 30.0 Å². The van der Waals surface area contributed by atoms with E-state index in [4.69, 9.17) is 11.2 Å². The predicted octanol–water partition coefficient (Wildman–Crippen LogP) is 3.04. The Morgan fingerprint density at radius 3 is 2.91 bits per heavy atom. The van der Waals surface area contributed by atoms with Crippen LogP contribution in [0, 0.1) is 24.2 Å². The summed E-state index contributed by atoms with van der Waals surface area (Å²) in [6.45, 7) is 2.43. The van der Waals surface area contributed by atoms with Gasteiger partial charge in [0.1, 0.15) is 12.4 Å². The van der Waals surface area contributed by atoms with Crippen LogP contribution in [0.5, 0.6) is 5.75 Å². The molecule has 0 fully saturated rings. The molecule has 0 saturated carbocycles. The van der Waals surface area contributed by atoms with Crippen molar-refractivity contribution in [2.45, 2.75) is 17.3 Å². The summed E-state index contributed by atoms with van der Waals surface area (Å²) in [5.41, 5.74) is 0.845. The quantitative estimate of drug-likeness (QED) is 0.283. The Hall–Kier alpha value is -0.446. The Balaban J connectivity index is 0.00000242. The first-order valence-corrected chi connectivity index (χ1v) is 7.75. The molecule has 0 N–H and O–H groups in total. The van der Waals surface area contributed by atoms with Crippen molar-refractivity contribution in [3.05, 3.63) is 35.7 Å².